The Labute approximate surface area is 118 Å². The maximum Gasteiger partial charge on any atom is 0.131 e. The Balaban J connectivity index is 2.37. The van der Waals surface area contributed by atoms with E-state index >= 15 is 0 Å². The predicted octanol–water partition coefficient (Wildman–Crippen LogP) is 5.62. The highest BCUT2D eigenvalue weighted by Crippen LogP contribution is 2.31. The number of aryl methyl sites for hydroxylation is 2. The number of rotatable bonds is 2. The summed E-state index contributed by atoms with van der Waals surface area (Å²) in [5.74, 6) is 1.75. The van der Waals surface area contributed by atoms with Gasteiger partial charge in [0.15, 0.2) is 0 Å². The van der Waals surface area contributed by atoms with Crippen molar-refractivity contribution in [1.29, 1.82) is 0 Å². The van der Waals surface area contributed by atoms with Crippen molar-refractivity contribution in [3.63, 3.8) is 0 Å². The number of hydrogen-bond donors (Lipinski definition) is 0. The summed E-state index contributed by atoms with van der Waals surface area (Å²) in [5.41, 5.74) is 2.24. The molecule has 0 radical (unpaired) electrons. The molecule has 2 rings (SSSR count). The number of ether oxygens (including phenoxy) is 1. The lowest BCUT2D eigenvalue weighted by molar-refractivity contribution is 0.474. The largest absolute Gasteiger partial charge is 0.457 e. The van der Waals surface area contributed by atoms with Crippen LogP contribution in [-0.2, 0) is 0 Å². The molecule has 0 aromatic heterocycles. The van der Waals surface area contributed by atoms with Gasteiger partial charge in [0.2, 0.25) is 0 Å². The fourth-order valence-corrected chi connectivity index (χ4v) is 2.17. The summed E-state index contributed by atoms with van der Waals surface area (Å²) in [5, 5.41) is 0. The molecular weight excluding hydrogens is 344 g/mol. The van der Waals surface area contributed by atoms with Crippen molar-refractivity contribution >= 4 is 31.9 Å². The molecule has 0 aliphatic rings. The Morgan fingerprint density at radius 3 is 1.59 bits per heavy atom. The van der Waals surface area contributed by atoms with E-state index in [1.165, 1.54) is 0 Å². The summed E-state index contributed by atoms with van der Waals surface area (Å²) in [6.07, 6.45) is 0. The minimum atomic E-state index is 0.876. The van der Waals surface area contributed by atoms with Gasteiger partial charge in [-0.3, -0.25) is 0 Å². The zero-order valence-electron chi connectivity index (χ0n) is 9.63. The fourth-order valence-electron chi connectivity index (χ4n) is 1.49. The monoisotopic (exact) mass is 354 g/mol. The Morgan fingerprint density at radius 2 is 1.18 bits per heavy atom. The van der Waals surface area contributed by atoms with Gasteiger partial charge < -0.3 is 4.74 Å². The van der Waals surface area contributed by atoms with Crippen LogP contribution in [0.3, 0.4) is 0 Å². The zero-order valence-corrected chi connectivity index (χ0v) is 12.8. The normalized spacial score (nSPS) is 10.4. The molecule has 0 unspecified atom stereocenters. The van der Waals surface area contributed by atoms with Crippen molar-refractivity contribution in [1.82, 2.24) is 0 Å². The zero-order chi connectivity index (χ0) is 12.4. The van der Waals surface area contributed by atoms with E-state index in [1.807, 2.05) is 50.2 Å². The van der Waals surface area contributed by atoms with E-state index in [0.29, 0.717) is 0 Å². The maximum absolute atomic E-state index is 5.94. The molecule has 2 aromatic carbocycles. The van der Waals surface area contributed by atoms with E-state index in [4.69, 9.17) is 4.74 Å². The van der Waals surface area contributed by atoms with Gasteiger partial charge in [0, 0.05) is 8.95 Å². The van der Waals surface area contributed by atoms with E-state index in [1.54, 1.807) is 0 Å². The van der Waals surface area contributed by atoms with Crippen molar-refractivity contribution in [2.75, 3.05) is 0 Å². The topological polar surface area (TPSA) is 9.23 Å². The van der Waals surface area contributed by atoms with Crippen LogP contribution in [0.2, 0.25) is 0 Å². The van der Waals surface area contributed by atoms with Crippen molar-refractivity contribution in [2.24, 2.45) is 0 Å². The highest BCUT2D eigenvalue weighted by Gasteiger charge is 2.05. The third kappa shape index (κ3) is 3.11. The van der Waals surface area contributed by atoms with Gasteiger partial charge >= 0.3 is 0 Å². The van der Waals surface area contributed by atoms with Crippen LogP contribution >= 0.6 is 31.9 Å². The van der Waals surface area contributed by atoms with E-state index in [2.05, 4.69) is 31.9 Å². The molecule has 1 nitrogen and oxygen atoms in total. The van der Waals surface area contributed by atoms with Crippen LogP contribution < -0.4 is 4.74 Å². The van der Waals surface area contributed by atoms with Crippen LogP contribution in [0.25, 0.3) is 0 Å². The van der Waals surface area contributed by atoms with Crippen molar-refractivity contribution in [2.45, 2.75) is 13.8 Å². The van der Waals surface area contributed by atoms with Gasteiger partial charge in [-0.2, -0.15) is 0 Å². The van der Waals surface area contributed by atoms with Gasteiger partial charge in [0.25, 0.3) is 0 Å². The van der Waals surface area contributed by atoms with Crippen molar-refractivity contribution in [3.8, 4) is 11.5 Å². The van der Waals surface area contributed by atoms with Crippen LogP contribution in [0.15, 0.2) is 45.3 Å². The minimum absolute atomic E-state index is 0.876. The summed E-state index contributed by atoms with van der Waals surface area (Å²) < 4.78 is 7.98. The van der Waals surface area contributed by atoms with Crippen LogP contribution in [0, 0.1) is 13.8 Å². The highest BCUT2D eigenvalue weighted by molar-refractivity contribution is 9.10. The predicted molar refractivity (Wildman–Crippen MR) is 77.8 cm³/mol. The first-order valence-corrected chi connectivity index (χ1v) is 6.85. The average molecular weight is 356 g/mol. The Bertz CT molecular complexity index is 500. The van der Waals surface area contributed by atoms with E-state index in [-0.39, 0.29) is 0 Å². The third-order valence-electron chi connectivity index (χ3n) is 2.52. The molecule has 3 heteroatoms. The summed E-state index contributed by atoms with van der Waals surface area (Å²) in [7, 11) is 0. The third-order valence-corrected chi connectivity index (χ3v) is 3.51. The van der Waals surface area contributed by atoms with Crippen molar-refractivity contribution < 1.29 is 4.74 Å². The molecule has 0 amide bonds. The average Bonchev–Trinajstić information content (AvgIpc) is 2.28. The van der Waals surface area contributed by atoms with Gasteiger partial charge in [0.05, 0.1) is 0 Å². The van der Waals surface area contributed by atoms with E-state index < -0.39 is 0 Å². The second-order valence-corrected chi connectivity index (χ2v) is 5.75. The molecule has 0 aliphatic carbocycles. The van der Waals surface area contributed by atoms with Crippen LogP contribution in [-0.4, -0.2) is 0 Å². The van der Waals surface area contributed by atoms with Gasteiger partial charge in [-0.25, -0.2) is 0 Å². The molecule has 0 heterocycles. The van der Waals surface area contributed by atoms with E-state index in [9.17, 15) is 0 Å². The molecule has 0 fully saturated rings. The fraction of sp³-hybridized carbons (Fsp3) is 0.143. The highest BCUT2D eigenvalue weighted by atomic mass is 79.9. The molecule has 0 spiro atoms. The molecule has 0 atom stereocenters. The summed E-state index contributed by atoms with van der Waals surface area (Å²) in [6, 6.07) is 12.1. The Morgan fingerprint density at radius 1 is 0.765 bits per heavy atom. The summed E-state index contributed by atoms with van der Waals surface area (Å²) in [6.45, 7) is 4.07. The van der Waals surface area contributed by atoms with Gasteiger partial charge in [-0.1, -0.05) is 44.0 Å². The Kier molecular flexibility index (Phi) is 3.89. The smallest absolute Gasteiger partial charge is 0.131 e. The van der Waals surface area contributed by atoms with Gasteiger partial charge in [-0.15, -0.1) is 0 Å². The van der Waals surface area contributed by atoms with Gasteiger partial charge in [-0.05, 0) is 49.2 Å². The summed E-state index contributed by atoms with van der Waals surface area (Å²) in [4.78, 5) is 0. The first-order valence-electron chi connectivity index (χ1n) is 5.26. The maximum atomic E-state index is 5.94. The molecule has 0 saturated heterocycles. The second-order valence-electron chi connectivity index (χ2n) is 3.92. The van der Waals surface area contributed by atoms with Crippen LogP contribution in [0.5, 0.6) is 11.5 Å². The molecule has 0 N–H and O–H groups in total. The minimum Gasteiger partial charge on any atom is -0.457 e. The van der Waals surface area contributed by atoms with Crippen molar-refractivity contribution in [3.05, 3.63) is 56.5 Å². The van der Waals surface area contributed by atoms with E-state index in [0.717, 1.165) is 31.6 Å². The SMILES string of the molecule is Cc1ccc(Br)cc1Oc1cc(Br)ccc1C. The molecule has 0 saturated carbocycles. The molecule has 17 heavy (non-hydrogen) atoms. The lowest BCUT2D eigenvalue weighted by Crippen LogP contribution is -1.90. The first kappa shape index (κ1) is 12.7. The lowest BCUT2D eigenvalue weighted by Gasteiger charge is -2.11. The molecule has 0 bridgehead atoms. The van der Waals surface area contributed by atoms with Crippen LogP contribution in [0.4, 0.5) is 0 Å². The lowest BCUT2D eigenvalue weighted by atomic mass is 10.2. The van der Waals surface area contributed by atoms with Gasteiger partial charge in [0.1, 0.15) is 11.5 Å². The second kappa shape index (κ2) is 5.23. The van der Waals surface area contributed by atoms with Crippen LogP contribution in [0.1, 0.15) is 11.1 Å². The quantitative estimate of drug-likeness (QED) is 0.679. The first-order chi connectivity index (χ1) is 8.06. The number of halogens is 2. The molecule has 0 aliphatic heterocycles. The number of benzene rings is 2. The standard InChI is InChI=1S/C14H12Br2O/c1-9-3-5-11(15)7-13(9)17-14-8-12(16)6-4-10(14)2/h3-8H,1-2H3. The molecule has 2 aromatic rings. The molecular formula is C14H12Br2O. The number of hydrogen-bond acceptors (Lipinski definition) is 1. The Hall–Kier alpha value is -0.800. The summed E-state index contributed by atoms with van der Waals surface area (Å²) >= 11 is 6.91. The molecule has 88 valence electrons.